The maximum absolute atomic E-state index is 15.6. The third-order valence-corrected chi connectivity index (χ3v) is 4.36. The summed E-state index contributed by atoms with van der Waals surface area (Å²) in [5, 5.41) is 8.75. The number of nitrogens with zero attached hydrogens (tertiary/aromatic N) is 1. The van der Waals surface area contributed by atoms with Gasteiger partial charge in [-0.05, 0) is 28.8 Å². The van der Waals surface area contributed by atoms with E-state index in [-0.39, 0.29) is 11.1 Å². The molecule has 0 N–H and O–H groups in total. The Labute approximate surface area is 160 Å². The molecule has 2 aromatic rings. The van der Waals surface area contributed by atoms with Gasteiger partial charge in [0.25, 0.3) is 0 Å². The van der Waals surface area contributed by atoms with E-state index in [4.69, 9.17) is 5.26 Å². The Hall–Kier alpha value is -2.89. The van der Waals surface area contributed by atoms with E-state index in [1.165, 1.54) is 30.3 Å². The fourth-order valence-electron chi connectivity index (χ4n) is 2.70. The van der Waals surface area contributed by atoms with Crippen LogP contribution in [0.4, 0.5) is 35.1 Å². The Morgan fingerprint density at radius 2 is 1.31 bits per heavy atom. The van der Waals surface area contributed by atoms with Crippen LogP contribution in [0.15, 0.2) is 61.2 Å². The maximum Gasteiger partial charge on any atom is 0.460 e. The lowest BCUT2D eigenvalue weighted by Crippen LogP contribution is -2.61. The summed E-state index contributed by atoms with van der Waals surface area (Å²) in [6, 6.07) is 11.5. The molecule has 1 nitrogen and oxygen atoms in total. The molecule has 0 amide bonds. The highest BCUT2D eigenvalue weighted by atomic mass is 19.4. The van der Waals surface area contributed by atoms with Crippen molar-refractivity contribution in [3.05, 3.63) is 77.9 Å². The maximum atomic E-state index is 15.6. The van der Waals surface area contributed by atoms with E-state index in [1.807, 2.05) is 0 Å². The van der Waals surface area contributed by atoms with E-state index in [0.717, 1.165) is 12.1 Å². The van der Waals surface area contributed by atoms with Crippen LogP contribution in [0.1, 0.15) is 23.1 Å². The first kappa shape index (κ1) is 22.4. The van der Waals surface area contributed by atoms with Crippen molar-refractivity contribution >= 4 is 5.57 Å². The van der Waals surface area contributed by atoms with Gasteiger partial charge in [0.15, 0.2) is 0 Å². The standard InChI is InChI=1S/C20H13F8N/c1-13(15-5-3-2-4-6-15)11-17(21,16-9-7-14(12-29)8-10-16)18(22,23)19(24,25)20(26,27)28/h2-10H,1,11H2. The minimum absolute atomic E-state index is 0.0919. The van der Waals surface area contributed by atoms with Crippen molar-refractivity contribution in [3.8, 4) is 6.07 Å². The monoisotopic (exact) mass is 419 g/mol. The second-order valence-corrected chi connectivity index (χ2v) is 6.28. The number of nitriles is 1. The van der Waals surface area contributed by atoms with Gasteiger partial charge in [-0.1, -0.05) is 49.0 Å². The molecular formula is C20H13F8N. The number of hydrogen-bond donors (Lipinski definition) is 0. The molecule has 9 heteroatoms. The Morgan fingerprint density at radius 1 is 0.793 bits per heavy atom. The van der Waals surface area contributed by atoms with Crippen molar-refractivity contribution in [1.29, 1.82) is 5.26 Å². The predicted octanol–water partition coefficient (Wildman–Crippen LogP) is 6.66. The summed E-state index contributed by atoms with van der Waals surface area (Å²) in [6.45, 7) is 3.38. The van der Waals surface area contributed by atoms with E-state index in [0.29, 0.717) is 12.1 Å². The van der Waals surface area contributed by atoms with E-state index >= 15 is 4.39 Å². The summed E-state index contributed by atoms with van der Waals surface area (Å²) in [5.74, 6) is -12.8. The molecule has 1 atom stereocenters. The molecule has 0 bridgehead atoms. The first-order valence-corrected chi connectivity index (χ1v) is 8.03. The van der Waals surface area contributed by atoms with Crippen molar-refractivity contribution in [3.63, 3.8) is 0 Å². The second kappa shape index (κ2) is 7.50. The van der Waals surface area contributed by atoms with Gasteiger partial charge in [0.05, 0.1) is 11.6 Å². The lowest BCUT2D eigenvalue weighted by molar-refractivity contribution is -0.381. The zero-order valence-electron chi connectivity index (χ0n) is 14.6. The fourth-order valence-corrected chi connectivity index (χ4v) is 2.70. The summed E-state index contributed by atoms with van der Waals surface area (Å²) in [4.78, 5) is 0. The number of hydrogen-bond acceptors (Lipinski definition) is 1. The van der Waals surface area contributed by atoms with Crippen LogP contribution in [0.3, 0.4) is 0 Å². The lowest BCUT2D eigenvalue weighted by Gasteiger charge is -2.39. The molecule has 0 radical (unpaired) electrons. The van der Waals surface area contributed by atoms with Crippen LogP contribution in [-0.4, -0.2) is 18.0 Å². The molecule has 1 unspecified atom stereocenters. The average molecular weight is 419 g/mol. The van der Waals surface area contributed by atoms with E-state index < -0.39 is 41.2 Å². The molecular weight excluding hydrogens is 406 g/mol. The summed E-state index contributed by atoms with van der Waals surface area (Å²) < 4.78 is 110. The summed E-state index contributed by atoms with van der Waals surface area (Å²) in [6.07, 6.45) is -8.24. The summed E-state index contributed by atoms with van der Waals surface area (Å²) in [7, 11) is 0. The zero-order valence-corrected chi connectivity index (χ0v) is 14.6. The van der Waals surface area contributed by atoms with Crippen LogP contribution in [0, 0.1) is 11.3 Å². The van der Waals surface area contributed by atoms with Crippen molar-refractivity contribution in [2.45, 2.75) is 30.1 Å². The third-order valence-electron chi connectivity index (χ3n) is 4.36. The van der Waals surface area contributed by atoms with Crippen LogP contribution in [0.2, 0.25) is 0 Å². The number of halogens is 8. The molecule has 0 saturated heterocycles. The molecule has 0 heterocycles. The summed E-state index contributed by atoms with van der Waals surface area (Å²) in [5.41, 5.74) is -6.04. The number of alkyl halides is 8. The highest BCUT2D eigenvalue weighted by Gasteiger charge is 2.80. The van der Waals surface area contributed by atoms with Gasteiger partial charge in [0.2, 0.25) is 5.67 Å². The number of rotatable bonds is 6. The van der Waals surface area contributed by atoms with Gasteiger partial charge in [0.1, 0.15) is 0 Å². The fraction of sp³-hybridized carbons (Fsp3) is 0.250. The van der Waals surface area contributed by atoms with E-state index in [9.17, 15) is 30.7 Å². The van der Waals surface area contributed by atoms with E-state index in [1.54, 1.807) is 6.07 Å². The van der Waals surface area contributed by atoms with Gasteiger partial charge >= 0.3 is 18.0 Å². The smallest absolute Gasteiger partial charge is 0.231 e. The predicted molar refractivity (Wildman–Crippen MR) is 90.0 cm³/mol. The van der Waals surface area contributed by atoms with Gasteiger partial charge in [-0.25, -0.2) is 4.39 Å². The zero-order chi connectivity index (χ0) is 22.1. The molecule has 0 saturated carbocycles. The van der Waals surface area contributed by atoms with Crippen LogP contribution in [0.25, 0.3) is 5.57 Å². The minimum Gasteiger partial charge on any atom is -0.231 e. The van der Waals surface area contributed by atoms with Gasteiger partial charge < -0.3 is 0 Å². The highest BCUT2D eigenvalue weighted by molar-refractivity contribution is 5.65. The number of allylic oxidation sites excluding steroid dienone is 1. The molecule has 0 aromatic heterocycles. The Balaban J connectivity index is 2.64. The van der Waals surface area contributed by atoms with Gasteiger partial charge in [-0.3, -0.25) is 0 Å². The summed E-state index contributed by atoms with van der Waals surface area (Å²) >= 11 is 0. The largest absolute Gasteiger partial charge is 0.460 e. The lowest BCUT2D eigenvalue weighted by atomic mass is 9.79. The first-order chi connectivity index (χ1) is 13.3. The molecule has 29 heavy (non-hydrogen) atoms. The minimum atomic E-state index is -6.70. The van der Waals surface area contributed by atoms with Gasteiger partial charge in [-0.2, -0.15) is 36.0 Å². The van der Waals surface area contributed by atoms with Crippen LogP contribution < -0.4 is 0 Å². The van der Waals surface area contributed by atoms with Crippen molar-refractivity contribution < 1.29 is 35.1 Å². The molecule has 154 valence electrons. The molecule has 0 spiro atoms. The normalized spacial score (nSPS) is 14.7. The molecule has 0 aliphatic carbocycles. The van der Waals surface area contributed by atoms with Crippen molar-refractivity contribution in [1.82, 2.24) is 0 Å². The Bertz CT molecular complexity index is 910. The Kier molecular flexibility index (Phi) is 5.79. The third kappa shape index (κ3) is 3.84. The van der Waals surface area contributed by atoms with Crippen molar-refractivity contribution in [2.24, 2.45) is 0 Å². The van der Waals surface area contributed by atoms with Crippen LogP contribution in [-0.2, 0) is 5.67 Å². The first-order valence-electron chi connectivity index (χ1n) is 8.03. The molecule has 2 rings (SSSR count). The van der Waals surface area contributed by atoms with E-state index in [2.05, 4.69) is 6.58 Å². The SMILES string of the molecule is C=C(CC(F)(c1ccc(C#N)cc1)C(F)(F)C(F)(F)C(F)(F)F)c1ccccc1. The average Bonchev–Trinajstić information content (AvgIpc) is 2.67. The van der Waals surface area contributed by atoms with Gasteiger partial charge in [-0.15, -0.1) is 0 Å². The molecule has 0 aliphatic heterocycles. The van der Waals surface area contributed by atoms with Crippen molar-refractivity contribution in [2.75, 3.05) is 0 Å². The van der Waals surface area contributed by atoms with Crippen LogP contribution in [0.5, 0.6) is 0 Å². The Morgan fingerprint density at radius 3 is 1.76 bits per heavy atom. The number of benzene rings is 2. The highest BCUT2D eigenvalue weighted by Crippen LogP contribution is 2.58. The topological polar surface area (TPSA) is 23.8 Å². The van der Waals surface area contributed by atoms with Crippen LogP contribution >= 0.6 is 0 Å². The van der Waals surface area contributed by atoms with Gasteiger partial charge in [0, 0.05) is 6.42 Å². The molecule has 0 fully saturated rings. The molecule has 2 aromatic carbocycles. The second-order valence-electron chi connectivity index (χ2n) is 6.28. The quantitative estimate of drug-likeness (QED) is 0.481. The molecule has 0 aliphatic rings.